The molecular formula is C24H24N2O5. The summed E-state index contributed by atoms with van der Waals surface area (Å²) in [4.78, 5) is 25.0. The Labute approximate surface area is 180 Å². The number of carbonyl (C=O) groups is 2. The van der Waals surface area contributed by atoms with Crippen molar-refractivity contribution >= 4 is 29.3 Å². The van der Waals surface area contributed by atoms with Crippen molar-refractivity contribution in [1.82, 2.24) is 0 Å². The van der Waals surface area contributed by atoms with Gasteiger partial charge in [-0.15, -0.1) is 0 Å². The molecule has 160 valence electrons. The van der Waals surface area contributed by atoms with Crippen LogP contribution >= 0.6 is 0 Å². The van der Waals surface area contributed by atoms with Crippen LogP contribution in [0.4, 0.5) is 11.4 Å². The van der Waals surface area contributed by atoms with Crippen LogP contribution in [-0.4, -0.2) is 25.0 Å². The third-order valence-electron chi connectivity index (χ3n) is 4.17. The largest absolute Gasteiger partial charge is 0.492 e. The smallest absolute Gasteiger partial charge is 0.255 e. The molecule has 3 rings (SSSR count). The van der Waals surface area contributed by atoms with E-state index in [1.807, 2.05) is 19.9 Å². The normalized spacial score (nSPS) is 10.6. The summed E-state index contributed by atoms with van der Waals surface area (Å²) in [5.74, 6) is 0.756. The van der Waals surface area contributed by atoms with Crippen LogP contribution in [0.15, 0.2) is 71.4 Å². The zero-order valence-corrected chi connectivity index (χ0v) is 17.4. The molecule has 1 aromatic heterocycles. The summed E-state index contributed by atoms with van der Waals surface area (Å²) in [6.07, 6.45) is 4.45. The van der Waals surface area contributed by atoms with Gasteiger partial charge in [0, 0.05) is 23.8 Å². The minimum Gasteiger partial charge on any atom is -0.492 e. The molecule has 0 unspecified atom stereocenters. The van der Waals surface area contributed by atoms with E-state index in [2.05, 4.69) is 10.6 Å². The van der Waals surface area contributed by atoms with Crippen molar-refractivity contribution in [3.05, 3.63) is 78.3 Å². The lowest BCUT2D eigenvalue weighted by Gasteiger charge is -2.17. The molecule has 0 radical (unpaired) electrons. The molecule has 0 saturated heterocycles. The molecule has 7 nitrogen and oxygen atoms in total. The molecule has 0 fully saturated rings. The van der Waals surface area contributed by atoms with Crippen molar-refractivity contribution < 1.29 is 23.5 Å². The number of rotatable bonds is 9. The molecule has 0 saturated carbocycles. The Kier molecular flexibility index (Phi) is 7.48. The molecule has 2 amide bonds. The first-order valence-electron chi connectivity index (χ1n) is 9.93. The van der Waals surface area contributed by atoms with Gasteiger partial charge in [-0.3, -0.25) is 9.59 Å². The van der Waals surface area contributed by atoms with Crippen LogP contribution < -0.4 is 20.1 Å². The van der Waals surface area contributed by atoms with Crippen molar-refractivity contribution in [2.75, 3.05) is 23.8 Å². The molecule has 31 heavy (non-hydrogen) atoms. The molecule has 7 heteroatoms. The standard InChI is InChI=1S/C24H24N2O5/c1-3-29-21-16-20(26-24(28)17-9-6-5-7-10-17)22(30-4-2)15-19(21)25-23(27)13-12-18-11-8-14-31-18/h5-16H,3-4H2,1-2H3,(H,25,27)(H,26,28)/b13-12+. The van der Waals surface area contributed by atoms with Gasteiger partial charge in [-0.2, -0.15) is 0 Å². The number of hydrogen-bond donors (Lipinski definition) is 2. The summed E-state index contributed by atoms with van der Waals surface area (Å²) in [6.45, 7) is 4.43. The van der Waals surface area contributed by atoms with Crippen LogP contribution in [0.5, 0.6) is 11.5 Å². The third-order valence-corrected chi connectivity index (χ3v) is 4.17. The molecule has 3 aromatic rings. The fraction of sp³-hybridized carbons (Fsp3) is 0.167. The second kappa shape index (κ2) is 10.7. The molecule has 0 aliphatic rings. The van der Waals surface area contributed by atoms with E-state index < -0.39 is 0 Å². The Morgan fingerprint density at radius 3 is 2.13 bits per heavy atom. The summed E-state index contributed by atoms with van der Waals surface area (Å²) < 4.78 is 16.6. The molecule has 0 aliphatic heterocycles. The number of nitrogens with one attached hydrogen (secondary N) is 2. The number of hydrogen-bond acceptors (Lipinski definition) is 5. The second-order valence-electron chi connectivity index (χ2n) is 6.37. The van der Waals surface area contributed by atoms with Gasteiger partial charge >= 0.3 is 0 Å². The molecule has 0 bridgehead atoms. The molecule has 0 aliphatic carbocycles. The van der Waals surface area contributed by atoms with E-state index in [1.54, 1.807) is 54.6 Å². The Morgan fingerprint density at radius 1 is 0.903 bits per heavy atom. The lowest BCUT2D eigenvalue weighted by atomic mass is 10.2. The number of benzene rings is 2. The van der Waals surface area contributed by atoms with Crippen LogP contribution in [0.3, 0.4) is 0 Å². The topological polar surface area (TPSA) is 89.8 Å². The Balaban J connectivity index is 1.86. The fourth-order valence-corrected chi connectivity index (χ4v) is 2.81. The zero-order chi connectivity index (χ0) is 22.1. The highest BCUT2D eigenvalue weighted by Gasteiger charge is 2.16. The minimum atomic E-state index is -0.360. The van der Waals surface area contributed by atoms with E-state index in [1.165, 1.54) is 12.3 Å². The second-order valence-corrected chi connectivity index (χ2v) is 6.37. The predicted molar refractivity (Wildman–Crippen MR) is 120 cm³/mol. The predicted octanol–water partition coefficient (Wildman–Crippen LogP) is 4.98. The lowest BCUT2D eigenvalue weighted by molar-refractivity contribution is -0.111. The minimum absolute atomic E-state index is 0.276. The van der Waals surface area contributed by atoms with Gasteiger partial charge in [0.25, 0.3) is 5.91 Å². The first kappa shape index (κ1) is 21.7. The highest BCUT2D eigenvalue weighted by molar-refractivity contribution is 6.06. The van der Waals surface area contributed by atoms with Gasteiger partial charge in [0.2, 0.25) is 5.91 Å². The van der Waals surface area contributed by atoms with E-state index >= 15 is 0 Å². The number of amides is 2. The maximum absolute atomic E-state index is 12.6. The molecule has 0 spiro atoms. The number of carbonyl (C=O) groups excluding carboxylic acids is 2. The van der Waals surface area contributed by atoms with Crippen molar-refractivity contribution in [2.24, 2.45) is 0 Å². The number of furan rings is 1. The van der Waals surface area contributed by atoms with E-state index in [0.717, 1.165) is 0 Å². The molecule has 2 N–H and O–H groups in total. The maximum atomic E-state index is 12.6. The van der Waals surface area contributed by atoms with Crippen LogP contribution in [0.25, 0.3) is 6.08 Å². The van der Waals surface area contributed by atoms with Crippen LogP contribution in [0, 0.1) is 0 Å². The fourth-order valence-electron chi connectivity index (χ4n) is 2.81. The number of anilines is 2. The Morgan fingerprint density at radius 2 is 1.55 bits per heavy atom. The number of ether oxygens (including phenoxy) is 2. The van der Waals surface area contributed by atoms with Crippen molar-refractivity contribution in [3.63, 3.8) is 0 Å². The SMILES string of the molecule is CCOc1cc(NC(=O)c2ccccc2)c(OCC)cc1NC(=O)/C=C/c1ccco1. The van der Waals surface area contributed by atoms with Gasteiger partial charge < -0.3 is 24.5 Å². The Bertz CT molecular complexity index is 1040. The zero-order valence-electron chi connectivity index (χ0n) is 17.4. The first-order valence-corrected chi connectivity index (χ1v) is 9.93. The summed E-state index contributed by atoms with van der Waals surface area (Å²) in [5, 5.41) is 5.64. The van der Waals surface area contributed by atoms with E-state index in [4.69, 9.17) is 13.9 Å². The molecule has 0 atom stereocenters. The quantitative estimate of drug-likeness (QED) is 0.477. The lowest BCUT2D eigenvalue weighted by Crippen LogP contribution is -2.14. The molecular weight excluding hydrogens is 396 g/mol. The van der Waals surface area contributed by atoms with Gasteiger partial charge in [0.05, 0.1) is 30.9 Å². The van der Waals surface area contributed by atoms with Crippen LogP contribution in [0.2, 0.25) is 0 Å². The van der Waals surface area contributed by atoms with E-state index in [9.17, 15) is 9.59 Å². The Hall–Kier alpha value is -4.00. The van der Waals surface area contributed by atoms with Gasteiger partial charge in [-0.25, -0.2) is 0 Å². The van der Waals surface area contributed by atoms with Gasteiger partial charge in [0.15, 0.2) is 0 Å². The molecule has 2 aromatic carbocycles. The average Bonchev–Trinajstić information content (AvgIpc) is 3.30. The van der Waals surface area contributed by atoms with Crippen LogP contribution in [0.1, 0.15) is 30.0 Å². The summed E-state index contributed by atoms with van der Waals surface area (Å²) in [6, 6.07) is 15.6. The average molecular weight is 420 g/mol. The van der Waals surface area contributed by atoms with Crippen molar-refractivity contribution in [1.29, 1.82) is 0 Å². The van der Waals surface area contributed by atoms with Gasteiger partial charge in [0.1, 0.15) is 17.3 Å². The molecule has 1 heterocycles. The highest BCUT2D eigenvalue weighted by atomic mass is 16.5. The van der Waals surface area contributed by atoms with Crippen molar-refractivity contribution in [2.45, 2.75) is 13.8 Å². The van der Waals surface area contributed by atoms with Gasteiger partial charge in [-0.1, -0.05) is 18.2 Å². The first-order chi connectivity index (χ1) is 15.1. The summed E-state index contributed by atoms with van der Waals surface area (Å²) in [5.41, 5.74) is 1.39. The van der Waals surface area contributed by atoms with Gasteiger partial charge in [-0.05, 0) is 44.2 Å². The summed E-state index contributed by atoms with van der Waals surface area (Å²) >= 11 is 0. The third kappa shape index (κ3) is 5.99. The van der Waals surface area contributed by atoms with Crippen LogP contribution in [-0.2, 0) is 4.79 Å². The van der Waals surface area contributed by atoms with E-state index in [0.29, 0.717) is 47.4 Å². The summed E-state index contributed by atoms with van der Waals surface area (Å²) in [7, 11) is 0. The van der Waals surface area contributed by atoms with Crippen molar-refractivity contribution in [3.8, 4) is 11.5 Å². The van der Waals surface area contributed by atoms with E-state index in [-0.39, 0.29) is 11.8 Å². The maximum Gasteiger partial charge on any atom is 0.255 e. The monoisotopic (exact) mass is 420 g/mol. The highest BCUT2D eigenvalue weighted by Crippen LogP contribution is 2.37.